The van der Waals surface area contributed by atoms with Crippen molar-refractivity contribution in [1.29, 1.82) is 0 Å². The predicted molar refractivity (Wildman–Crippen MR) is 106 cm³/mol. The molecule has 1 atom stereocenters. The first-order valence-corrected chi connectivity index (χ1v) is 9.61. The number of nitrogens with one attached hydrogen (secondary N) is 3. The molecule has 1 fully saturated rings. The number of anilines is 1. The smallest absolute Gasteiger partial charge is 0.171 e. The highest BCUT2D eigenvalue weighted by Crippen LogP contribution is 2.22. The third kappa shape index (κ3) is 4.75. The molecule has 0 amide bonds. The number of piperidine rings is 1. The summed E-state index contributed by atoms with van der Waals surface area (Å²) in [5.74, 6) is 1.02. The molecule has 2 heterocycles. The van der Waals surface area contributed by atoms with Crippen LogP contribution in [0.25, 0.3) is 0 Å². The maximum absolute atomic E-state index is 6.17. The van der Waals surface area contributed by atoms with E-state index in [1.54, 1.807) is 11.2 Å². The van der Waals surface area contributed by atoms with Gasteiger partial charge in [-0.2, -0.15) is 0 Å². The van der Waals surface area contributed by atoms with Crippen molar-refractivity contribution in [3.05, 3.63) is 52.9 Å². The fraction of sp³-hybridized carbons (Fsp3) is 0.421. The fourth-order valence-corrected chi connectivity index (χ4v) is 3.76. The molecule has 1 aliphatic heterocycles. The average Bonchev–Trinajstić information content (AvgIpc) is 3.14. The van der Waals surface area contributed by atoms with E-state index in [1.807, 2.05) is 31.2 Å². The molecule has 1 saturated heterocycles. The number of likely N-dealkylation sites (tertiary alicyclic amines) is 1. The Morgan fingerprint density at radius 3 is 2.76 bits per heavy atom. The Kier molecular flexibility index (Phi) is 6.34. The van der Waals surface area contributed by atoms with Gasteiger partial charge in [0.1, 0.15) is 0 Å². The Balaban J connectivity index is 1.62. The first-order valence-electron chi connectivity index (χ1n) is 8.83. The number of furan rings is 1. The molecule has 0 unspecified atom stereocenters. The molecule has 25 heavy (non-hydrogen) atoms. The molecule has 4 nitrogen and oxygen atoms in total. The van der Waals surface area contributed by atoms with Gasteiger partial charge in [0.15, 0.2) is 16.9 Å². The molecule has 134 valence electrons. The van der Waals surface area contributed by atoms with Crippen molar-refractivity contribution in [2.24, 2.45) is 0 Å². The highest BCUT2D eigenvalue weighted by molar-refractivity contribution is 7.80. The second-order valence-corrected chi connectivity index (χ2v) is 7.35. The molecule has 1 aromatic heterocycles. The zero-order valence-electron chi connectivity index (χ0n) is 14.5. The number of benzene rings is 1. The van der Waals surface area contributed by atoms with Crippen LogP contribution in [0.1, 0.15) is 36.6 Å². The minimum atomic E-state index is 0.274. The van der Waals surface area contributed by atoms with Crippen LogP contribution in [0.4, 0.5) is 5.69 Å². The van der Waals surface area contributed by atoms with E-state index in [0.717, 1.165) is 28.6 Å². The summed E-state index contributed by atoms with van der Waals surface area (Å²) < 4.78 is 5.69. The summed E-state index contributed by atoms with van der Waals surface area (Å²) >= 11 is 11.7. The van der Waals surface area contributed by atoms with Crippen LogP contribution in [0.2, 0.25) is 5.02 Å². The highest BCUT2D eigenvalue weighted by Gasteiger charge is 2.28. The molecule has 0 saturated carbocycles. The van der Waals surface area contributed by atoms with Gasteiger partial charge in [-0.15, -0.1) is 0 Å². The van der Waals surface area contributed by atoms with Crippen molar-refractivity contribution in [3.8, 4) is 0 Å². The summed E-state index contributed by atoms with van der Waals surface area (Å²) in [4.78, 5) is 1.57. The van der Waals surface area contributed by atoms with Gasteiger partial charge in [-0.25, -0.2) is 0 Å². The van der Waals surface area contributed by atoms with E-state index in [2.05, 4.69) is 16.7 Å². The molecule has 0 radical (unpaired) electrons. The zero-order chi connectivity index (χ0) is 17.6. The van der Waals surface area contributed by atoms with Crippen molar-refractivity contribution in [2.75, 3.05) is 25.0 Å². The standard InChI is InChI=1S/C19H24ClN3OS/c1-14-15(20)7-5-8-16(14)22-19(25)21-13-17(18-9-6-12-24-18)23-10-3-2-4-11-23/h5-9,12,17H,2-4,10-11,13H2,1H3,(H2,21,22,25)/p+1/t17-/m1/s1. The lowest BCUT2D eigenvalue weighted by molar-refractivity contribution is -0.936. The zero-order valence-corrected chi connectivity index (χ0v) is 16.1. The summed E-state index contributed by atoms with van der Waals surface area (Å²) in [6.07, 6.45) is 5.63. The lowest BCUT2D eigenvalue weighted by Crippen LogP contribution is -3.13. The van der Waals surface area contributed by atoms with Gasteiger partial charge in [-0.3, -0.25) is 0 Å². The molecule has 1 aromatic carbocycles. The Bertz CT molecular complexity index is 699. The maximum Gasteiger partial charge on any atom is 0.171 e. The maximum atomic E-state index is 6.17. The summed E-state index contributed by atoms with van der Waals surface area (Å²) in [7, 11) is 0. The van der Waals surface area contributed by atoms with Crippen LogP contribution in [-0.4, -0.2) is 24.7 Å². The van der Waals surface area contributed by atoms with Gasteiger partial charge in [-0.05, 0) is 68.2 Å². The van der Waals surface area contributed by atoms with Crippen molar-refractivity contribution in [2.45, 2.75) is 32.2 Å². The van der Waals surface area contributed by atoms with Crippen LogP contribution in [0.3, 0.4) is 0 Å². The fourth-order valence-electron chi connectivity index (χ4n) is 3.39. The molecule has 3 N–H and O–H groups in total. The van der Waals surface area contributed by atoms with Crippen molar-refractivity contribution in [3.63, 3.8) is 0 Å². The lowest BCUT2D eigenvalue weighted by atomic mass is 10.1. The Labute approximate surface area is 159 Å². The number of hydrogen-bond acceptors (Lipinski definition) is 2. The average molecular weight is 379 g/mol. The van der Waals surface area contributed by atoms with Crippen molar-refractivity contribution in [1.82, 2.24) is 5.32 Å². The van der Waals surface area contributed by atoms with E-state index >= 15 is 0 Å². The third-order valence-electron chi connectivity index (χ3n) is 4.86. The van der Waals surface area contributed by atoms with E-state index < -0.39 is 0 Å². The summed E-state index contributed by atoms with van der Waals surface area (Å²) in [6.45, 7) is 5.09. The lowest BCUT2D eigenvalue weighted by Gasteiger charge is -2.30. The molecular formula is C19H25ClN3OS+. The molecule has 0 aliphatic carbocycles. The summed E-state index contributed by atoms with van der Waals surface area (Å²) in [5, 5.41) is 7.96. The monoisotopic (exact) mass is 378 g/mol. The Morgan fingerprint density at radius 2 is 2.04 bits per heavy atom. The van der Waals surface area contributed by atoms with Gasteiger partial charge in [-0.1, -0.05) is 17.7 Å². The third-order valence-corrected chi connectivity index (χ3v) is 5.51. The molecule has 0 spiro atoms. The van der Waals surface area contributed by atoms with Gasteiger partial charge in [0.25, 0.3) is 0 Å². The first kappa shape index (κ1) is 18.2. The second-order valence-electron chi connectivity index (χ2n) is 6.53. The molecular weight excluding hydrogens is 354 g/mol. The van der Waals surface area contributed by atoms with E-state index in [1.165, 1.54) is 32.4 Å². The van der Waals surface area contributed by atoms with Crippen molar-refractivity contribution >= 4 is 34.6 Å². The van der Waals surface area contributed by atoms with Crippen LogP contribution in [-0.2, 0) is 0 Å². The molecule has 1 aliphatic rings. The topological polar surface area (TPSA) is 41.6 Å². The summed E-state index contributed by atoms with van der Waals surface area (Å²) in [6, 6.07) is 10.1. The van der Waals surface area contributed by atoms with Crippen LogP contribution in [0.15, 0.2) is 41.0 Å². The van der Waals surface area contributed by atoms with Crippen LogP contribution >= 0.6 is 23.8 Å². The number of rotatable bonds is 5. The van der Waals surface area contributed by atoms with E-state index in [0.29, 0.717) is 5.11 Å². The number of hydrogen-bond donors (Lipinski definition) is 3. The van der Waals surface area contributed by atoms with Gasteiger partial charge < -0.3 is 20.0 Å². The van der Waals surface area contributed by atoms with Crippen LogP contribution in [0.5, 0.6) is 0 Å². The van der Waals surface area contributed by atoms with Crippen LogP contribution in [0, 0.1) is 6.92 Å². The largest absolute Gasteiger partial charge is 0.463 e. The van der Waals surface area contributed by atoms with Gasteiger partial charge in [0, 0.05) is 10.7 Å². The Hall–Kier alpha value is -1.56. The van der Waals surface area contributed by atoms with E-state index in [9.17, 15) is 0 Å². The van der Waals surface area contributed by atoms with Crippen molar-refractivity contribution < 1.29 is 9.32 Å². The Morgan fingerprint density at radius 1 is 1.24 bits per heavy atom. The molecule has 2 aromatic rings. The van der Waals surface area contributed by atoms with Gasteiger partial charge >= 0.3 is 0 Å². The highest BCUT2D eigenvalue weighted by atomic mass is 35.5. The predicted octanol–water partition coefficient (Wildman–Crippen LogP) is 3.34. The number of halogens is 1. The minimum absolute atomic E-state index is 0.274. The van der Waals surface area contributed by atoms with E-state index in [-0.39, 0.29) is 6.04 Å². The minimum Gasteiger partial charge on any atom is -0.463 e. The normalized spacial score (nSPS) is 16.4. The number of quaternary nitrogens is 1. The quantitative estimate of drug-likeness (QED) is 0.698. The van der Waals surface area contributed by atoms with Gasteiger partial charge in [0.2, 0.25) is 0 Å². The summed E-state index contributed by atoms with van der Waals surface area (Å²) in [5.41, 5.74) is 1.93. The van der Waals surface area contributed by atoms with Crippen LogP contribution < -0.4 is 15.5 Å². The molecule has 6 heteroatoms. The first-order chi connectivity index (χ1) is 12.1. The second kappa shape index (κ2) is 8.70. The van der Waals surface area contributed by atoms with Gasteiger partial charge in [0.05, 0.1) is 25.9 Å². The number of thiocarbonyl (C=S) groups is 1. The van der Waals surface area contributed by atoms with E-state index in [4.69, 9.17) is 28.2 Å². The molecule has 0 bridgehead atoms. The SMILES string of the molecule is Cc1c(Cl)cccc1NC(=S)NC[C@H](c1ccco1)[NH+]1CCCCC1. The molecule has 3 rings (SSSR count).